The molecular formula is C8H13N3O2. The predicted octanol–water partition coefficient (Wildman–Crippen LogP) is 0.811. The lowest BCUT2D eigenvalue weighted by Gasteiger charge is -2.34. The molecule has 2 aliphatic rings. The maximum absolute atomic E-state index is 10.1. The Hall–Kier alpha value is -1.13. The largest absolute Gasteiger partial charge is 0.465 e. The van der Waals surface area contributed by atoms with Crippen LogP contribution in [0.1, 0.15) is 25.7 Å². The Bertz CT molecular complexity index is 211. The topological polar surface area (TPSA) is 63.0 Å². The van der Waals surface area contributed by atoms with Gasteiger partial charge in [0.25, 0.3) is 6.47 Å². The van der Waals surface area contributed by atoms with E-state index in [2.05, 4.69) is 15.8 Å². The molecule has 1 saturated carbocycles. The number of hydrogen-bond acceptors (Lipinski definition) is 5. The van der Waals surface area contributed by atoms with Gasteiger partial charge in [0.05, 0.1) is 12.1 Å². The summed E-state index contributed by atoms with van der Waals surface area (Å²) in [5.74, 6) is 0. The molecule has 5 nitrogen and oxygen atoms in total. The quantitative estimate of drug-likeness (QED) is 0.644. The second-order valence-corrected chi connectivity index (χ2v) is 3.72. The monoisotopic (exact) mass is 183 g/mol. The van der Waals surface area contributed by atoms with Crippen molar-refractivity contribution < 1.29 is 9.53 Å². The first-order valence-corrected chi connectivity index (χ1v) is 4.57. The molecule has 1 spiro atoms. The Morgan fingerprint density at radius 3 is 2.77 bits per heavy atom. The molecule has 0 radical (unpaired) electrons. The number of hydrogen-bond donors (Lipinski definition) is 1. The normalized spacial score (nSPS) is 37.4. The highest BCUT2D eigenvalue weighted by Crippen LogP contribution is 2.32. The van der Waals surface area contributed by atoms with E-state index >= 15 is 0 Å². The molecule has 0 atom stereocenters. The summed E-state index contributed by atoms with van der Waals surface area (Å²) in [5.41, 5.74) is 3.12. The summed E-state index contributed by atoms with van der Waals surface area (Å²) in [6, 6.07) is 0. The molecule has 0 amide bonds. The minimum absolute atomic E-state index is 0.0722. The molecule has 1 heterocycles. The van der Waals surface area contributed by atoms with Crippen molar-refractivity contribution in [2.24, 2.45) is 10.3 Å². The van der Waals surface area contributed by atoms with E-state index < -0.39 is 0 Å². The van der Waals surface area contributed by atoms with Gasteiger partial charge in [0.2, 0.25) is 0 Å². The van der Waals surface area contributed by atoms with Crippen LogP contribution in [0.15, 0.2) is 10.3 Å². The molecule has 13 heavy (non-hydrogen) atoms. The first kappa shape index (κ1) is 8.47. The molecule has 0 aromatic rings. The van der Waals surface area contributed by atoms with Gasteiger partial charge in [-0.15, -0.1) is 0 Å². The highest BCUT2D eigenvalue weighted by Gasteiger charge is 2.38. The maximum atomic E-state index is 10.1. The van der Waals surface area contributed by atoms with E-state index in [9.17, 15) is 4.79 Å². The van der Waals surface area contributed by atoms with Gasteiger partial charge in [-0.25, -0.2) is 0 Å². The Morgan fingerprint density at radius 1 is 1.46 bits per heavy atom. The molecule has 0 aromatic carbocycles. The summed E-state index contributed by atoms with van der Waals surface area (Å²) in [6.07, 6.45) is 3.90. The molecule has 72 valence electrons. The molecular weight excluding hydrogens is 170 g/mol. The summed E-state index contributed by atoms with van der Waals surface area (Å²) in [6.45, 7) is 1.31. The van der Waals surface area contributed by atoms with Gasteiger partial charge in [0, 0.05) is 0 Å². The van der Waals surface area contributed by atoms with Crippen molar-refractivity contribution in [3.05, 3.63) is 0 Å². The van der Waals surface area contributed by atoms with E-state index in [1.165, 1.54) is 0 Å². The fourth-order valence-electron chi connectivity index (χ4n) is 1.98. The molecule has 0 bridgehead atoms. The third-order valence-corrected chi connectivity index (χ3v) is 2.87. The van der Waals surface area contributed by atoms with Gasteiger partial charge >= 0.3 is 0 Å². The second kappa shape index (κ2) is 3.32. The summed E-state index contributed by atoms with van der Waals surface area (Å²) in [4.78, 5) is 10.1. The fourth-order valence-corrected chi connectivity index (χ4v) is 1.98. The van der Waals surface area contributed by atoms with Gasteiger partial charge in [-0.3, -0.25) is 10.2 Å². The van der Waals surface area contributed by atoms with Crippen LogP contribution in [0, 0.1) is 0 Å². The summed E-state index contributed by atoms with van der Waals surface area (Å²) in [5, 5.41) is 7.73. The third-order valence-electron chi connectivity index (χ3n) is 2.87. The number of nitrogens with zero attached hydrogens (tertiary/aromatic N) is 2. The van der Waals surface area contributed by atoms with Crippen molar-refractivity contribution in [3.8, 4) is 0 Å². The number of carbonyl (C=O) groups excluding carboxylic acids is 1. The number of rotatable bonds is 2. The zero-order valence-electron chi connectivity index (χ0n) is 7.40. The Labute approximate surface area is 76.5 Å². The molecule has 2 rings (SSSR count). The average Bonchev–Trinajstić information content (AvgIpc) is 2.59. The van der Waals surface area contributed by atoms with Crippen LogP contribution in [-0.2, 0) is 9.53 Å². The van der Waals surface area contributed by atoms with Gasteiger partial charge in [-0.1, -0.05) is 5.22 Å². The minimum Gasteiger partial charge on any atom is -0.465 e. The molecule has 0 unspecified atom stereocenters. The first-order chi connectivity index (χ1) is 6.35. The SMILES string of the molecule is O=COC1CCC2(CC1)CN=NN2. The molecule has 1 aliphatic heterocycles. The highest BCUT2D eigenvalue weighted by molar-refractivity contribution is 5.37. The molecule has 1 aliphatic carbocycles. The van der Waals surface area contributed by atoms with Crippen LogP contribution in [0.4, 0.5) is 0 Å². The predicted molar refractivity (Wildman–Crippen MR) is 45.0 cm³/mol. The molecule has 1 fully saturated rings. The number of ether oxygens (including phenoxy) is 1. The van der Waals surface area contributed by atoms with Gasteiger partial charge in [0.1, 0.15) is 6.10 Å². The van der Waals surface area contributed by atoms with Gasteiger partial charge in [-0.05, 0) is 25.7 Å². The van der Waals surface area contributed by atoms with Crippen molar-refractivity contribution in [3.63, 3.8) is 0 Å². The van der Waals surface area contributed by atoms with E-state index in [1.807, 2.05) is 0 Å². The highest BCUT2D eigenvalue weighted by atomic mass is 16.5. The summed E-state index contributed by atoms with van der Waals surface area (Å²) >= 11 is 0. The Morgan fingerprint density at radius 2 is 2.23 bits per heavy atom. The number of nitrogens with one attached hydrogen (secondary N) is 1. The molecule has 0 saturated heterocycles. The fraction of sp³-hybridized carbons (Fsp3) is 0.875. The van der Waals surface area contributed by atoms with Crippen molar-refractivity contribution in [1.82, 2.24) is 5.43 Å². The molecule has 5 heteroatoms. The van der Waals surface area contributed by atoms with Crippen LogP contribution in [0.5, 0.6) is 0 Å². The van der Waals surface area contributed by atoms with Gasteiger partial charge in [-0.2, -0.15) is 5.11 Å². The van der Waals surface area contributed by atoms with Crippen LogP contribution in [-0.4, -0.2) is 24.7 Å². The minimum atomic E-state index is 0.0722. The van der Waals surface area contributed by atoms with Crippen molar-refractivity contribution in [1.29, 1.82) is 0 Å². The Kier molecular flexibility index (Phi) is 2.16. The van der Waals surface area contributed by atoms with E-state index in [1.54, 1.807) is 0 Å². The van der Waals surface area contributed by atoms with Crippen LogP contribution < -0.4 is 5.43 Å². The zero-order valence-corrected chi connectivity index (χ0v) is 7.40. The van der Waals surface area contributed by atoms with Crippen LogP contribution in [0.3, 0.4) is 0 Å². The van der Waals surface area contributed by atoms with E-state index in [0.717, 1.165) is 32.2 Å². The Balaban J connectivity index is 1.85. The van der Waals surface area contributed by atoms with Gasteiger partial charge < -0.3 is 4.74 Å². The zero-order chi connectivity index (χ0) is 9.15. The summed E-state index contributed by atoms with van der Waals surface area (Å²) in [7, 11) is 0. The maximum Gasteiger partial charge on any atom is 0.293 e. The molecule has 0 aromatic heterocycles. The van der Waals surface area contributed by atoms with E-state index in [-0.39, 0.29) is 11.6 Å². The van der Waals surface area contributed by atoms with Crippen LogP contribution >= 0.6 is 0 Å². The molecule has 1 N–H and O–H groups in total. The lowest BCUT2D eigenvalue weighted by molar-refractivity contribution is -0.135. The smallest absolute Gasteiger partial charge is 0.293 e. The second-order valence-electron chi connectivity index (χ2n) is 3.72. The first-order valence-electron chi connectivity index (χ1n) is 4.57. The van der Waals surface area contributed by atoms with Crippen LogP contribution in [0.25, 0.3) is 0 Å². The van der Waals surface area contributed by atoms with Crippen LogP contribution in [0.2, 0.25) is 0 Å². The number of carbonyl (C=O) groups is 1. The van der Waals surface area contributed by atoms with E-state index in [0.29, 0.717) is 6.47 Å². The average molecular weight is 183 g/mol. The standard InChI is InChI=1S/C8H13N3O2/c12-6-13-7-1-3-8(4-2-7)5-9-11-10-8/h6-7H,1-5H2,(H,9,10). The van der Waals surface area contributed by atoms with Crippen molar-refractivity contribution in [2.45, 2.75) is 37.3 Å². The van der Waals surface area contributed by atoms with Gasteiger partial charge in [0.15, 0.2) is 0 Å². The summed E-state index contributed by atoms with van der Waals surface area (Å²) < 4.78 is 4.92. The third kappa shape index (κ3) is 1.64. The lowest BCUT2D eigenvalue weighted by atomic mass is 9.81. The van der Waals surface area contributed by atoms with Crippen molar-refractivity contribution in [2.75, 3.05) is 6.54 Å². The lowest BCUT2D eigenvalue weighted by Crippen LogP contribution is -2.46. The van der Waals surface area contributed by atoms with Crippen molar-refractivity contribution >= 4 is 6.47 Å². The van der Waals surface area contributed by atoms with E-state index in [4.69, 9.17) is 4.74 Å².